The fourth-order valence-electron chi connectivity index (χ4n) is 2.35. The Kier molecular flexibility index (Phi) is 5.61. The molecule has 1 atom stereocenters. The maximum absolute atomic E-state index is 12.7. The summed E-state index contributed by atoms with van der Waals surface area (Å²) < 4.78 is 0. The van der Waals surface area contributed by atoms with E-state index >= 15 is 0 Å². The average molecular weight is 374 g/mol. The Morgan fingerprint density at radius 3 is 2.54 bits per heavy atom. The number of hydrogen-bond acceptors (Lipinski definition) is 4. The van der Waals surface area contributed by atoms with Crippen molar-refractivity contribution >= 4 is 46.2 Å². The van der Waals surface area contributed by atoms with Gasteiger partial charge < -0.3 is 5.73 Å². The minimum atomic E-state index is 0.0316. The van der Waals surface area contributed by atoms with E-state index in [2.05, 4.69) is 11.4 Å². The van der Waals surface area contributed by atoms with Crippen molar-refractivity contribution in [3.05, 3.63) is 81.5 Å². The van der Waals surface area contributed by atoms with Crippen LogP contribution in [-0.4, -0.2) is 5.78 Å². The lowest BCUT2D eigenvalue weighted by molar-refractivity contribution is 0.0982. The molecular formula is C19H16ClNOS2. The summed E-state index contributed by atoms with van der Waals surface area (Å²) in [5.74, 6) is 0.102. The van der Waals surface area contributed by atoms with Crippen molar-refractivity contribution in [2.45, 2.75) is 16.6 Å². The van der Waals surface area contributed by atoms with Gasteiger partial charge in [0, 0.05) is 32.8 Å². The Bertz CT molecular complexity index is 816. The molecule has 0 radical (unpaired) electrons. The van der Waals surface area contributed by atoms with Gasteiger partial charge in [-0.15, -0.1) is 11.8 Å². The summed E-state index contributed by atoms with van der Waals surface area (Å²) in [4.78, 5) is 13.7. The summed E-state index contributed by atoms with van der Waals surface area (Å²) in [6.45, 7) is 0. The molecule has 3 rings (SSSR count). The van der Waals surface area contributed by atoms with Crippen molar-refractivity contribution in [2.75, 3.05) is 5.73 Å². The highest BCUT2D eigenvalue weighted by Gasteiger charge is 2.20. The van der Waals surface area contributed by atoms with Gasteiger partial charge in [-0.05, 0) is 58.8 Å². The van der Waals surface area contributed by atoms with E-state index in [0.717, 1.165) is 16.1 Å². The van der Waals surface area contributed by atoms with Gasteiger partial charge >= 0.3 is 0 Å². The third-order valence-corrected chi connectivity index (χ3v) is 5.94. The molecule has 2 aromatic carbocycles. The van der Waals surface area contributed by atoms with Crippen LogP contribution in [0, 0.1) is 0 Å². The topological polar surface area (TPSA) is 43.1 Å². The van der Waals surface area contributed by atoms with Crippen LogP contribution < -0.4 is 5.73 Å². The number of hydrogen-bond donors (Lipinski definition) is 1. The maximum Gasteiger partial charge on any atom is 0.164 e. The van der Waals surface area contributed by atoms with Crippen molar-refractivity contribution in [3.63, 3.8) is 0 Å². The fourth-order valence-corrected chi connectivity index (χ4v) is 4.46. The Balaban J connectivity index is 1.82. The van der Waals surface area contributed by atoms with Crippen LogP contribution >= 0.6 is 34.7 Å². The summed E-state index contributed by atoms with van der Waals surface area (Å²) in [7, 11) is 0. The molecule has 0 saturated carbocycles. The van der Waals surface area contributed by atoms with E-state index < -0.39 is 0 Å². The molecule has 1 aromatic heterocycles. The number of nitrogen functional groups attached to an aromatic ring is 1. The number of halogens is 1. The third kappa shape index (κ3) is 4.20. The van der Waals surface area contributed by atoms with Crippen molar-refractivity contribution in [3.8, 4) is 0 Å². The summed E-state index contributed by atoms with van der Waals surface area (Å²) in [6.07, 6.45) is 0.414. The van der Waals surface area contributed by atoms with Crippen molar-refractivity contribution in [1.82, 2.24) is 0 Å². The molecule has 0 fully saturated rings. The monoisotopic (exact) mass is 373 g/mol. The number of benzene rings is 2. The van der Waals surface area contributed by atoms with Crippen LogP contribution in [0.1, 0.15) is 27.6 Å². The first-order chi connectivity index (χ1) is 11.6. The minimum Gasteiger partial charge on any atom is -0.398 e. The second-order valence-corrected chi connectivity index (χ2v) is 7.80. The van der Waals surface area contributed by atoms with Crippen LogP contribution in [0.4, 0.5) is 5.69 Å². The Labute approximate surface area is 154 Å². The molecular weight excluding hydrogens is 358 g/mol. The van der Waals surface area contributed by atoms with E-state index in [1.807, 2.05) is 29.6 Å². The van der Waals surface area contributed by atoms with Crippen molar-refractivity contribution in [1.29, 1.82) is 0 Å². The van der Waals surface area contributed by atoms with E-state index in [9.17, 15) is 4.79 Å². The van der Waals surface area contributed by atoms with Gasteiger partial charge in [-0.25, -0.2) is 0 Å². The summed E-state index contributed by atoms with van der Waals surface area (Å²) >= 11 is 9.17. The molecule has 0 aliphatic carbocycles. The highest BCUT2D eigenvalue weighted by atomic mass is 35.5. The number of thioether (sulfide) groups is 1. The molecule has 1 heterocycles. The van der Waals surface area contributed by atoms with E-state index in [4.69, 9.17) is 17.3 Å². The predicted octanol–water partition coefficient (Wildman–Crippen LogP) is 6.09. The van der Waals surface area contributed by atoms with Crippen LogP contribution in [0.25, 0.3) is 0 Å². The molecule has 2 N–H and O–H groups in total. The number of thiophene rings is 1. The zero-order valence-corrected chi connectivity index (χ0v) is 15.2. The quantitative estimate of drug-likeness (QED) is 0.323. The zero-order valence-electron chi connectivity index (χ0n) is 12.8. The van der Waals surface area contributed by atoms with Gasteiger partial charge in [0.05, 0.1) is 0 Å². The van der Waals surface area contributed by atoms with Gasteiger partial charge in [0.2, 0.25) is 0 Å². The van der Waals surface area contributed by atoms with Crippen molar-refractivity contribution < 1.29 is 4.79 Å². The first kappa shape index (κ1) is 17.1. The molecule has 2 nitrogen and oxygen atoms in total. The van der Waals surface area contributed by atoms with Crippen LogP contribution in [0.3, 0.4) is 0 Å². The summed E-state index contributed by atoms with van der Waals surface area (Å²) in [5.41, 5.74) is 8.63. The van der Waals surface area contributed by atoms with E-state index in [1.54, 1.807) is 47.4 Å². The normalized spacial score (nSPS) is 12.0. The second kappa shape index (κ2) is 7.88. The number of ketones is 1. The lowest BCUT2D eigenvalue weighted by Gasteiger charge is -2.16. The molecule has 122 valence electrons. The van der Waals surface area contributed by atoms with E-state index in [1.165, 1.54) is 0 Å². The van der Waals surface area contributed by atoms with Crippen LogP contribution in [0.15, 0.2) is 70.3 Å². The smallest absolute Gasteiger partial charge is 0.164 e. The molecule has 24 heavy (non-hydrogen) atoms. The lowest BCUT2D eigenvalue weighted by Crippen LogP contribution is -2.05. The highest BCUT2D eigenvalue weighted by molar-refractivity contribution is 7.99. The predicted molar refractivity (Wildman–Crippen MR) is 104 cm³/mol. The largest absolute Gasteiger partial charge is 0.398 e. The summed E-state index contributed by atoms with van der Waals surface area (Å²) in [6, 6.07) is 16.9. The van der Waals surface area contributed by atoms with Gasteiger partial charge in [0.15, 0.2) is 5.78 Å². The number of nitrogens with two attached hydrogens (primary N) is 1. The fraction of sp³-hybridized carbons (Fsp3) is 0.105. The molecule has 0 amide bonds. The van der Waals surface area contributed by atoms with E-state index in [0.29, 0.717) is 17.0 Å². The van der Waals surface area contributed by atoms with Gasteiger partial charge in [0.25, 0.3) is 0 Å². The molecule has 0 saturated heterocycles. The number of rotatable bonds is 6. The first-order valence-corrected chi connectivity index (χ1v) is 9.65. The van der Waals surface area contributed by atoms with Gasteiger partial charge in [-0.3, -0.25) is 4.79 Å². The van der Waals surface area contributed by atoms with Gasteiger partial charge in [-0.1, -0.05) is 23.7 Å². The zero-order chi connectivity index (χ0) is 16.9. The van der Waals surface area contributed by atoms with Crippen LogP contribution in [-0.2, 0) is 0 Å². The standard InChI is InChI=1S/C19H16ClNOS2/c20-15-7-5-13(6-8-15)17(22)11-19(14-9-10-23-12-14)24-18-4-2-1-3-16(18)21/h1-10,12,19H,11,21H2. The lowest BCUT2D eigenvalue weighted by atomic mass is 10.0. The number of para-hydroxylation sites is 1. The van der Waals surface area contributed by atoms with Crippen LogP contribution in [0.2, 0.25) is 5.02 Å². The molecule has 0 aliphatic rings. The molecule has 5 heteroatoms. The minimum absolute atomic E-state index is 0.0316. The van der Waals surface area contributed by atoms with Crippen molar-refractivity contribution in [2.24, 2.45) is 0 Å². The van der Waals surface area contributed by atoms with Gasteiger partial charge in [0.1, 0.15) is 0 Å². The Morgan fingerprint density at radius 2 is 1.88 bits per heavy atom. The highest BCUT2D eigenvalue weighted by Crippen LogP contribution is 2.41. The third-order valence-electron chi connectivity index (χ3n) is 3.64. The number of carbonyl (C=O) groups is 1. The van der Waals surface area contributed by atoms with Crippen LogP contribution in [0.5, 0.6) is 0 Å². The second-order valence-electron chi connectivity index (χ2n) is 5.34. The number of Topliss-reactive ketones (excluding diaryl/α,β-unsaturated/α-hetero) is 1. The van der Waals surface area contributed by atoms with Gasteiger partial charge in [-0.2, -0.15) is 11.3 Å². The average Bonchev–Trinajstić information content (AvgIpc) is 3.11. The first-order valence-electron chi connectivity index (χ1n) is 7.45. The molecule has 1 unspecified atom stereocenters. The molecule has 0 spiro atoms. The van der Waals surface area contributed by atoms with E-state index in [-0.39, 0.29) is 11.0 Å². The maximum atomic E-state index is 12.7. The molecule has 0 bridgehead atoms. The Morgan fingerprint density at radius 1 is 1.12 bits per heavy atom. The SMILES string of the molecule is Nc1ccccc1SC(CC(=O)c1ccc(Cl)cc1)c1ccsc1. The molecule has 3 aromatic rings. The number of carbonyl (C=O) groups excluding carboxylic acids is 1. The molecule has 0 aliphatic heterocycles. The number of anilines is 1. The Hall–Kier alpha value is -1.75. The summed E-state index contributed by atoms with van der Waals surface area (Å²) in [5, 5.41) is 4.78.